The Morgan fingerprint density at radius 3 is 2.00 bits per heavy atom. The summed E-state index contributed by atoms with van der Waals surface area (Å²) in [6, 6.07) is 10.9. The summed E-state index contributed by atoms with van der Waals surface area (Å²) in [6.07, 6.45) is 1.87. The Labute approximate surface area is 101 Å². The van der Waals surface area contributed by atoms with Gasteiger partial charge < -0.3 is 0 Å². The zero-order valence-corrected chi connectivity index (χ0v) is 10.7. The van der Waals surface area contributed by atoms with Crippen molar-refractivity contribution in [3.63, 3.8) is 0 Å². The van der Waals surface area contributed by atoms with E-state index in [-0.39, 0.29) is 18.9 Å². The molecule has 0 aliphatic heterocycles. The van der Waals surface area contributed by atoms with Crippen LogP contribution < -0.4 is 18.9 Å². The van der Waals surface area contributed by atoms with Crippen molar-refractivity contribution in [2.75, 3.05) is 0 Å². The van der Waals surface area contributed by atoms with Gasteiger partial charge in [0.2, 0.25) is 0 Å². The molecule has 0 aliphatic carbocycles. The van der Waals surface area contributed by atoms with Crippen LogP contribution in [0.3, 0.4) is 0 Å². The zero-order chi connectivity index (χ0) is 9.90. The van der Waals surface area contributed by atoms with E-state index in [0.717, 1.165) is 0 Å². The molecule has 0 aromatic heterocycles. The summed E-state index contributed by atoms with van der Waals surface area (Å²) in [5.74, 6) is 0. The summed E-state index contributed by atoms with van der Waals surface area (Å²) >= 11 is 0. The van der Waals surface area contributed by atoms with Gasteiger partial charge in [-0.1, -0.05) is 37.9 Å². The summed E-state index contributed by atoms with van der Waals surface area (Å²) in [4.78, 5) is 0. The van der Waals surface area contributed by atoms with Crippen molar-refractivity contribution >= 4 is 14.1 Å². The average Bonchev–Trinajstić information content (AvgIpc) is 2.03. The zero-order valence-electron chi connectivity index (χ0n) is 9.67. The third-order valence-electron chi connectivity index (χ3n) is 1.77. The van der Waals surface area contributed by atoms with Crippen molar-refractivity contribution in [2.45, 2.75) is 19.6 Å². The van der Waals surface area contributed by atoms with Crippen molar-refractivity contribution in [3.05, 3.63) is 48.0 Å². The van der Waals surface area contributed by atoms with Crippen LogP contribution in [0.1, 0.15) is 11.1 Å². The van der Waals surface area contributed by atoms with Gasteiger partial charge in [0, 0.05) is 8.07 Å². The fraction of sp³-hybridized carbons (Fsp3) is 0.250. The van der Waals surface area contributed by atoms with Crippen LogP contribution in [-0.4, -0.2) is 8.07 Å². The van der Waals surface area contributed by atoms with E-state index in [1.165, 1.54) is 11.1 Å². The van der Waals surface area contributed by atoms with Gasteiger partial charge in [-0.05, 0) is 0 Å². The predicted molar refractivity (Wildman–Crippen MR) is 63.3 cm³/mol. The minimum Gasteiger partial charge on any atom is -0.194 e. The molecule has 70 valence electrons. The maximum absolute atomic E-state index is 3.73. The number of hydrogen-bond donors (Lipinski definition) is 0. The Balaban J connectivity index is 0.00000169. The summed E-state index contributed by atoms with van der Waals surface area (Å²) in [6.45, 7) is 10.8. The van der Waals surface area contributed by atoms with Crippen LogP contribution in [0, 0.1) is 6.04 Å². The summed E-state index contributed by atoms with van der Waals surface area (Å²) in [7, 11) is -1.08. The SMILES string of the molecule is C=Cc1ccc([CH-][Si](C)(C)C)cc1.[Li+]. The van der Waals surface area contributed by atoms with Crippen LogP contribution in [0.2, 0.25) is 19.6 Å². The van der Waals surface area contributed by atoms with Crippen molar-refractivity contribution < 1.29 is 18.9 Å². The molecule has 1 rings (SSSR count). The Morgan fingerprint density at radius 1 is 1.14 bits per heavy atom. The molecule has 0 nitrogen and oxygen atoms in total. The minimum absolute atomic E-state index is 0. The van der Waals surface area contributed by atoms with E-state index in [9.17, 15) is 0 Å². The molecule has 0 aliphatic rings. The molecule has 1 aromatic rings. The van der Waals surface area contributed by atoms with Crippen molar-refractivity contribution in [3.8, 4) is 0 Å². The van der Waals surface area contributed by atoms with Crippen LogP contribution >= 0.6 is 0 Å². The predicted octanol–water partition coefficient (Wildman–Crippen LogP) is 0.763. The average molecular weight is 196 g/mol. The summed E-state index contributed by atoms with van der Waals surface area (Å²) in [5.41, 5.74) is 2.53. The maximum Gasteiger partial charge on any atom is 1.00 e. The van der Waals surface area contributed by atoms with E-state index in [0.29, 0.717) is 0 Å². The molecule has 0 spiro atoms. The Bertz CT molecular complexity index is 282. The number of rotatable bonds is 3. The van der Waals surface area contributed by atoms with Crippen molar-refractivity contribution in [1.29, 1.82) is 0 Å². The van der Waals surface area contributed by atoms with E-state index in [4.69, 9.17) is 0 Å². The largest absolute Gasteiger partial charge is 1.00 e. The van der Waals surface area contributed by atoms with Crippen LogP contribution in [0.15, 0.2) is 30.8 Å². The van der Waals surface area contributed by atoms with Crippen LogP contribution in [0.25, 0.3) is 6.08 Å². The fourth-order valence-electron chi connectivity index (χ4n) is 1.23. The fourth-order valence-corrected chi connectivity index (χ4v) is 2.42. The van der Waals surface area contributed by atoms with Crippen LogP contribution in [0.4, 0.5) is 0 Å². The van der Waals surface area contributed by atoms with Gasteiger partial charge in [-0.15, -0.1) is 12.1 Å². The molecule has 0 bridgehead atoms. The van der Waals surface area contributed by atoms with Gasteiger partial charge in [0.1, 0.15) is 0 Å². The van der Waals surface area contributed by atoms with E-state index in [1.807, 2.05) is 6.08 Å². The van der Waals surface area contributed by atoms with Gasteiger partial charge in [-0.2, -0.15) is 23.7 Å². The van der Waals surface area contributed by atoms with Gasteiger partial charge in [0.25, 0.3) is 0 Å². The Hall–Kier alpha value is -0.356. The first-order valence-electron chi connectivity index (χ1n) is 4.60. The van der Waals surface area contributed by atoms with Gasteiger partial charge in [0.05, 0.1) is 0 Å². The molecule has 0 saturated carbocycles. The quantitative estimate of drug-likeness (QED) is 0.495. The van der Waals surface area contributed by atoms with Gasteiger partial charge >= 0.3 is 18.9 Å². The van der Waals surface area contributed by atoms with Crippen molar-refractivity contribution in [2.24, 2.45) is 0 Å². The van der Waals surface area contributed by atoms with Gasteiger partial charge in [0.15, 0.2) is 0 Å². The maximum atomic E-state index is 3.73. The first kappa shape index (κ1) is 13.6. The topological polar surface area (TPSA) is 0 Å². The third-order valence-corrected chi connectivity index (χ3v) is 2.97. The van der Waals surface area contributed by atoms with Crippen LogP contribution in [-0.2, 0) is 0 Å². The molecule has 2 heteroatoms. The second-order valence-corrected chi connectivity index (χ2v) is 9.40. The molecule has 0 fully saturated rings. The second kappa shape index (κ2) is 5.51. The molecule has 0 saturated heterocycles. The summed E-state index contributed by atoms with van der Waals surface area (Å²) < 4.78 is 0. The van der Waals surface area contributed by atoms with Crippen molar-refractivity contribution in [1.82, 2.24) is 0 Å². The molecule has 0 atom stereocenters. The Kier molecular flexibility index (Phi) is 5.37. The number of benzene rings is 1. The second-order valence-electron chi connectivity index (χ2n) is 4.38. The van der Waals surface area contributed by atoms with E-state index in [1.54, 1.807) is 0 Å². The van der Waals surface area contributed by atoms with E-state index >= 15 is 0 Å². The molecule has 0 N–H and O–H groups in total. The third kappa shape index (κ3) is 4.76. The smallest absolute Gasteiger partial charge is 0.194 e. The molecular weight excluding hydrogens is 179 g/mol. The number of hydrogen-bond acceptors (Lipinski definition) is 0. The van der Waals surface area contributed by atoms with E-state index < -0.39 is 8.07 Å². The van der Waals surface area contributed by atoms with Crippen LogP contribution in [0.5, 0.6) is 0 Å². The molecule has 0 heterocycles. The monoisotopic (exact) mass is 196 g/mol. The Morgan fingerprint density at radius 2 is 1.64 bits per heavy atom. The van der Waals surface area contributed by atoms with Gasteiger partial charge in [-0.25, -0.2) is 0 Å². The van der Waals surface area contributed by atoms with E-state index in [2.05, 4.69) is 56.5 Å². The van der Waals surface area contributed by atoms with Gasteiger partial charge in [-0.3, -0.25) is 0 Å². The molecule has 0 unspecified atom stereocenters. The first-order chi connectivity index (χ1) is 6.01. The normalized spacial score (nSPS) is 10.2. The standard InChI is InChI=1S/C12H17Si.Li/c1-5-11-6-8-12(9-7-11)10-13(2,3)4;/h5-10H,1H2,2-4H3;/q-1;+1. The summed E-state index contributed by atoms with van der Waals surface area (Å²) in [5, 5.41) is 0. The molecule has 14 heavy (non-hydrogen) atoms. The molecule has 1 aromatic carbocycles. The first-order valence-corrected chi connectivity index (χ1v) is 8.17. The molecule has 0 radical (unpaired) electrons. The molecular formula is C12H17LiSi. The molecule has 0 amide bonds. The minimum atomic E-state index is -1.08.